The number of hydrogen-bond donors (Lipinski definition) is 2. The lowest BCUT2D eigenvalue weighted by Gasteiger charge is -2.47. The normalized spacial score (nSPS) is 23.8. The first-order chi connectivity index (χ1) is 10.7. The van der Waals surface area contributed by atoms with Gasteiger partial charge in [0.2, 0.25) is 0 Å². The second kappa shape index (κ2) is 10.7. The number of halogens is 1. The van der Waals surface area contributed by atoms with E-state index >= 15 is 0 Å². The Hall–Kier alpha value is -0.120. The van der Waals surface area contributed by atoms with E-state index in [0.717, 1.165) is 32.8 Å². The number of nitrogens with one attached hydrogen (secondary N) is 1. The Morgan fingerprint density at radius 3 is 2.57 bits per heavy atom. The monoisotopic (exact) mass is 440 g/mol. The van der Waals surface area contributed by atoms with Crippen molar-refractivity contribution >= 4 is 29.9 Å². The zero-order valence-corrected chi connectivity index (χ0v) is 16.9. The summed E-state index contributed by atoms with van der Waals surface area (Å²) in [5, 5.41) is 3.20. The molecule has 0 aromatic carbocycles. The van der Waals surface area contributed by atoms with Crippen molar-refractivity contribution in [3.63, 3.8) is 0 Å². The zero-order valence-electron chi connectivity index (χ0n) is 14.6. The van der Waals surface area contributed by atoms with E-state index in [1.807, 2.05) is 6.92 Å². The molecule has 23 heavy (non-hydrogen) atoms. The molecule has 1 aliphatic carbocycles. The van der Waals surface area contributed by atoms with Gasteiger partial charge >= 0.3 is 0 Å². The molecule has 0 bridgehead atoms. The van der Waals surface area contributed by atoms with E-state index in [1.165, 1.54) is 32.1 Å². The lowest BCUT2D eigenvalue weighted by Crippen LogP contribution is -2.56. The summed E-state index contributed by atoms with van der Waals surface area (Å²) in [5.41, 5.74) is 6.23. The first kappa shape index (κ1) is 20.9. The van der Waals surface area contributed by atoms with Crippen LogP contribution in [-0.2, 0) is 9.47 Å². The Morgan fingerprint density at radius 1 is 1.30 bits per heavy atom. The predicted molar refractivity (Wildman–Crippen MR) is 105 cm³/mol. The number of nitrogens with zero attached hydrogens (tertiary/aromatic N) is 2. The van der Waals surface area contributed by atoms with E-state index in [0.29, 0.717) is 12.6 Å². The summed E-state index contributed by atoms with van der Waals surface area (Å²) in [6.45, 7) is 7.17. The summed E-state index contributed by atoms with van der Waals surface area (Å²) in [4.78, 5) is 7.25. The van der Waals surface area contributed by atoms with Crippen molar-refractivity contribution in [1.82, 2.24) is 10.2 Å². The number of nitrogens with two attached hydrogens (primary N) is 1. The molecule has 1 unspecified atom stereocenters. The van der Waals surface area contributed by atoms with Crippen LogP contribution in [0.1, 0.15) is 39.0 Å². The predicted octanol–water partition coefficient (Wildman–Crippen LogP) is 1.58. The molecule has 3 N–H and O–H groups in total. The molecule has 0 aromatic heterocycles. The van der Waals surface area contributed by atoms with Crippen LogP contribution in [0, 0.1) is 0 Å². The summed E-state index contributed by atoms with van der Waals surface area (Å²) in [6.07, 6.45) is 6.36. The molecular formula is C16H33IN4O2. The third-order valence-electron chi connectivity index (χ3n) is 4.82. The lowest BCUT2D eigenvalue weighted by atomic mass is 9.80. The van der Waals surface area contributed by atoms with Crippen LogP contribution >= 0.6 is 24.0 Å². The van der Waals surface area contributed by atoms with Gasteiger partial charge in [0, 0.05) is 31.8 Å². The van der Waals surface area contributed by atoms with Gasteiger partial charge in [-0.3, -0.25) is 9.89 Å². The molecule has 136 valence electrons. The van der Waals surface area contributed by atoms with Crippen molar-refractivity contribution in [2.75, 3.05) is 46.6 Å². The van der Waals surface area contributed by atoms with Crippen molar-refractivity contribution in [3.8, 4) is 0 Å². The SMILES string of the molecule is COCC(C)NC(N)=NCC1(N2CCOCC2)CCCCC1.I. The number of aliphatic imine (C=N–C) groups is 1. The molecule has 0 spiro atoms. The largest absolute Gasteiger partial charge is 0.383 e. The third-order valence-corrected chi connectivity index (χ3v) is 4.82. The average Bonchev–Trinajstić information content (AvgIpc) is 2.55. The maximum Gasteiger partial charge on any atom is 0.188 e. The quantitative estimate of drug-likeness (QED) is 0.373. The average molecular weight is 440 g/mol. The Kier molecular flexibility index (Phi) is 9.72. The minimum absolute atomic E-state index is 0. The van der Waals surface area contributed by atoms with E-state index < -0.39 is 0 Å². The molecular weight excluding hydrogens is 407 g/mol. The summed E-state index contributed by atoms with van der Waals surface area (Å²) in [7, 11) is 1.70. The molecule has 2 fully saturated rings. The molecule has 0 radical (unpaired) electrons. The number of hydrogen-bond acceptors (Lipinski definition) is 4. The minimum Gasteiger partial charge on any atom is -0.383 e. The standard InChI is InChI=1S/C16H32N4O2.HI/c1-14(12-21-2)19-15(17)18-13-16(6-4-3-5-7-16)20-8-10-22-11-9-20;/h14H,3-13H2,1-2H3,(H3,17,18,19);1H. The molecule has 2 rings (SSSR count). The first-order valence-corrected chi connectivity index (χ1v) is 8.54. The van der Waals surface area contributed by atoms with E-state index in [1.54, 1.807) is 7.11 Å². The molecule has 0 aromatic rings. The minimum atomic E-state index is 0. The number of guanidine groups is 1. The van der Waals surface area contributed by atoms with Crippen LogP contribution in [0.3, 0.4) is 0 Å². The van der Waals surface area contributed by atoms with Crippen molar-refractivity contribution in [2.45, 2.75) is 50.6 Å². The number of ether oxygens (including phenoxy) is 2. The second-order valence-corrected chi connectivity index (χ2v) is 6.59. The highest BCUT2D eigenvalue weighted by Crippen LogP contribution is 2.34. The molecule has 6 nitrogen and oxygen atoms in total. The van der Waals surface area contributed by atoms with Gasteiger partial charge in [0.15, 0.2) is 5.96 Å². The highest BCUT2D eigenvalue weighted by molar-refractivity contribution is 14.0. The van der Waals surface area contributed by atoms with Gasteiger partial charge in [-0.1, -0.05) is 19.3 Å². The van der Waals surface area contributed by atoms with Crippen LogP contribution in [0.2, 0.25) is 0 Å². The van der Waals surface area contributed by atoms with Gasteiger partial charge in [-0.25, -0.2) is 0 Å². The van der Waals surface area contributed by atoms with Gasteiger partial charge in [-0.05, 0) is 19.8 Å². The molecule has 2 aliphatic rings. The number of methoxy groups -OCH3 is 1. The van der Waals surface area contributed by atoms with Gasteiger partial charge in [0.05, 0.1) is 26.4 Å². The van der Waals surface area contributed by atoms with Crippen LogP contribution < -0.4 is 11.1 Å². The maximum absolute atomic E-state index is 6.05. The molecule has 1 atom stereocenters. The van der Waals surface area contributed by atoms with E-state index in [2.05, 4.69) is 15.2 Å². The molecule has 7 heteroatoms. The van der Waals surface area contributed by atoms with Crippen LogP contribution in [-0.4, -0.2) is 69.0 Å². The van der Waals surface area contributed by atoms with Crippen molar-refractivity contribution in [1.29, 1.82) is 0 Å². The van der Waals surface area contributed by atoms with Gasteiger partial charge in [-0.15, -0.1) is 24.0 Å². The zero-order chi connectivity index (χ0) is 15.8. The fraction of sp³-hybridized carbons (Fsp3) is 0.938. The van der Waals surface area contributed by atoms with E-state index in [-0.39, 0.29) is 35.6 Å². The smallest absolute Gasteiger partial charge is 0.188 e. The maximum atomic E-state index is 6.05. The summed E-state index contributed by atoms with van der Waals surface area (Å²) in [5.74, 6) is 0.530. The molecule has 1 aliphatic heterocycles. The van der Waals surface area contributed by atoms with Crippen molar-refractivity contribution in [3.05, 3.63) is 0 Å². The fourth-order valence-electron chi connectivity index (χ4n) is 3.64. The van der Waals surface area contributed by atoms with Crippen molar-refractivity contribution < 1.29 is 9.47 Å². The molecule has 1 saturated carbocycles. The number of rotatable bonds is 6. The van der Waals surface area contributed by atoms with Gasteiger partial charge in [0.1, 0.15) is 0 Å². The Labute approximate surface area is 157 Å². The Bertz CT molecular complexity index is 356. The van der Waals surface area contributed by atoms with Crippen LogP contribution in [0.5, 0.6) is 0 Å². The summed E-state index contributed by atoms with van der Waals surface area (Å²) < 4.78 is 10.6. The third kappa shape index (κ3) is 6.36. The van der Waals surface area contributed by atoms with Crippen LogP contribution in [0.25, 0.3) is 0 Å². The highest BCUT2D eigenvalue weighted by Gasteiger charge is 2.38. The molecule has 0 amide bonds. The Morgan fingerprint density at radius 2 is 1.96 bits per heavy atom. The Balaban J connectivity index is 0.00000264. The van der Waals surface area contributed by atoms with E-state index in [9.17, 15) is 0 Å². The molecule has 1 saturated heterocycles. The first-order valence-electron chi connectivity index (χ1n) is 8.54. The van der Waals surface area contributed by atoms with Crippen molar-refractivity contribution in [2.24, 2.45) is 10.7 Å². The van der Waals surface area contributed by atoms with Crippen LogP contribution in [0.15, 0.2) is 4.99 Å². The van der Waals surface area contributed by atoms with Gasteiger partial charge < -0.3 is 20.5 Å². The molecule has 1 heterocycles. The van der Waals surface area contributed by atoms with Gasteiger partial charge in [-0.2, -0.15) is 0 Å². The van der Waals surface area contributed by atoms with Gasteiger partial charge in [0.25, 0.3) is 0 Å². The van der Waals surface area contributed by atoms with Crippen LogP contribution in [0.4, 0.5) is 0 Å². The number of morpholine rings is 1. The fourth-order valence-corrected chi connectivity index (χ4v) is 3.64. The topological polar surface area (TPSA) is 72.1 Å². The summed E-state index contributed by atoms with van der Waals surface area (Å²) >= 11 is 0. The summed E-state index contributed by atoms with van der Waals surface area (Å²) in [6, 6.07) is 0.180. The lowest BCUT2D eigenvalue weighted by molar-refractivity contribution is -0.0333. The van der Waals surface area contributed by atoms with E-state index in [4.69, 9.17) is 15.2 Å². The second-order valence-electron chi connectivity index (χ2n) is 6.59. The highest BCUT2D eigenvalue weighted by atomic mass is 127.